The number of benzene rings is 1. The molecule has 1 amide bonds. The summed E-state index contributed by atoms with van der Waals surface area (Å²) in [5.41, 5.74) is 2.48. The van der Waals surface area contributed by atoms with E-state index in [0.717, 1.165) is 29.7 Å². The van der Waals surface area contributed by atoms with Gasteiger partial charge in [0.25, 0.3) is 5.91 Å². The Kier molecular flexibility index (Phi) is 6.67. The number of thiophene rings is 1. The van der Waals surface area contributed by atoms with Gasteiger partial charge in [0.05, 0.1) is 17.4 Å². The van der Waals surface area contributed by atoms with Gasteiger partial charge in [-0.05, 0) is 62.3 Å². The first-order valence-electron chi connectivity index (χ1n) is 9.97. The Morgan fingerprint density at radius 3 is 2.50 bits per heavy atom. The van der Waals surface area contributed by atoms with Gasteiger partial charge in [0, 0.05) is 16.7 Å². The summed E-state index contributed by atoms with van der Waals surface area (Å²) in [5.74, 6) is -0.284. The summed E-state index contributed by atoms with van der Waals surface area (Å²) in [4.78, 5) is 26.7. The molecule has 0 saturated heterocycles. The van der Waals surface area contributed by atoms with Crippen LogP contribution >= 0.6 is 11.3 Å². The van der Waals surface area contributed by atoms with E-state index in [4.69, 9.17) is 4.74 Å². The standard InChI is InChI=1S/C22H27NO5S2/c1-13(2)28-22(25)19-17-10-5-14(3)11-18(17)29-21(19)23-20(24)16-8-6-15(7-9-16)12-30(4,26)27/h6-9,13-14H,5,10-12H2,1-4H3,(H,23,24). The third kappa shape index (κ3) is 5.49. The molecule has 1 unspecified atom stereocenters. The highest BCUT2D eigenvalue weighted by Gasteiger charge is 2.29. The van der Waals surface area contributed by atoms with E-state index in [1.807, 2.05) is 0 Å². The number of nitrogens with one attached hydrogen (secondary N) is 1. The topological polar surface area (TPSA) is 89.5 Å². The van der Waals surface area contributed by atoms with Crippen LogP contribution in [0.15, 0.2) is 24.3 Å². The second kappa shape index (κ2) is 8.89. The highest BCUT2D eigenvalue weighted by atomic mass is 32.2. The fraction of sp³-hybridized carbons (Fsp3) is 0.455. The predicted octanol–water partition coefficient (Wildman–Crippen LogP) is 4.24. The molecule has 1 aromatic carbocycles. The van der Waals surface area contributed by atoms with Gasteiger partial charge in [0.2, 0.25) is 0 Å². The Morgan fingerprint density at radius 2 is 1.90 bits per heavy atom. The molecule has 1 aromatic heterocycles. The van der Waals surface area contributed by atoms with Crippen molar-refractivity contribution >= 4 is 38.1 Å². The molecule has 6 nitrogen and oxygen atoms in total. The van der Waals surface area contributed by atoms with Crippen LogP contribution in [-0.2, 0) is 33.2 Å². The third-order valence-electron chi connectivity index (χ3n) is 4.93. The number of carbonyl (C=O) groups is 2. The maximum Gasteiger partial charge on any atom is 0.341 e. The van der Waals surface area contributed by atoms with Crippen LogP contribution < -0.4 is 5.32 Å². The van der Waals surface area contributed by atoms with Crippen molar-refractivity contribution < 1.29 is 22.7 Å². The zero-order valence-electron chi connectivity index (χ0n) is 17.7. The highest BCUT2D eigenvalue weighted by Crippen LogP contribution is 2.40. The Bertz CT molecular complexity index is 1050. The lowest BCUT2D eigenvalue weighted by Gasteiger charge is -2.18. The lowest BCUT2D eigenvalue weighted by Crippen LogP contribution is -2.18. The number of carbonyl (C=O) groups excluding carboxylic acids is 2. The van der Waals surface area contributed by atoms with Crippen molar-refractivity contribution in [2.45, 2.75) is 51.9 Å². The molecular weight excluding hydrogens is 422 g/mol. The maximum atomic E-state index is 12.8. The molecule has 3 rings (SSSR count). The number of anilines is 1. The lowest BCUT2D eigenvalue weighted by molar-refractivity contribution is 0.0378. The number of sulfone groups is 1. The number of hydrogen-bond acceptors (Lipinski definition) is 6. The van der Waals surface area contributed by atoms with Crippen LogP contribution in [-0.4, -0.2) is 32.7 Å². The van der Waals surface area contributed by atoms with E-state index in [0.29, 0.717) is 27.6 Å². The van der Waals surface area contributed by atoms with E-state index in [-0.39, 0.29) is 17.8 Å². The number of esters is 1. The van der Waals surface area contributed by atoms with Crippen molar-refractivity contribution in [2.75, 3.05) is 11.6 Å². The number of rotatable bonds is 6. The van der Waals surface area contributed by atoms with Gasteiger partial charge in [0.15, 0.2) is 9.84 Å². The van der Waals surface area contributed by atoms with Crippen LogP contribution in [0.2, 0.25) is 0 Å². The molecule has 0 saturated carbocycles. The molecule has 0 spiro atoms. The summed E-state index contributed by atoms with van der Waals surface area (Å²) in [6, 6.07) is 6.45. The molecule has 30 heavy (non-hydrogen) atoms. The van der Waals surface area contributed by atoms with Gasteiger partial charge < -0.3 is 10.1 Å². The fourth-order valence-electron chi connectivity index (χ4n) is 3.56. The Labute approximate surface area is 181 Å². The van der Waals surface area contributed by atoms with Gasteiger partial charge in [-0.2, -0.15) is 0 Å². The van der Waals surface area contributed by atoms with Gasteiger partial charge in [-0.15, -0.1) is 11.3 Å². The maximum absolute atomic E-state index is 12.8. The molecule has 0 aliphatic heterocycles. The Hall–Kier alpha value is -2.19. The van der Waals surface area contributed by atoms with E-state index in [2.05, 4.69) is 12.2 Å². The summed E-state index contributed by atoms with van der Waals surface area (Å²) < 4.78 is 28.3. The first-order chi connectivity index (χ1) is 14.0. The van der Waals surface area contributed by atoms with Gasteiger partial charge >= 0.3 is 5.97 Å². The molecule has 0 fully saturated rings. The first-order valence-corrected chi connectivity index (χ1v) is 12.8. The second-order valence-electron chi connectivity index (χ2n) is 8.23. The SMILES string of the molecule is CC1CCc2c(sc(NC(=O)c3ccc(CS(C)(=O)=O)cc3)c2C(=O)OC(C)C)C1. The van der Waals surface area contributed by atoms with Crippen LogP contribution in [0.1, 0.15) is 63.9 Å². The van der Waals surface area contributed by atoms with Gasteiger partial charge in [-0.25, -0.2) is 13.2 Å². The highest BCUT2D eigenvalue weighted by molar-refractivity contribution is 7.89. The van der Waals surface area contributed by atoms with Gasteiger partial charge in [-0.1, -0.05) is 19.1 Å². The molecule has 162 valence electrons. The smallest absolute Gasteiger partial charge is 0.341 e. The first kappa shape index (κ1) is 22.5. The summed E-state index contributed by atoms with van der Waals surface area (Å²) in [5, 5.41) is 3.40. The third-order valence-corrected chi connectivity index (χ3v) is 6.96. The average Bonchev–Trinajstić information content (AvgIpc) is 2.97. The quantitative estimate of drug-likeness (QED) is 0.667. The zero-order chi connectivity index (χ0) is 22.1. The van der Waals surface area contributed by atoms with Crippen molar-refractivity contribution in [1.29, 1.82) is 0 Å². The summed E-state index contributed by atoms with van der Waals surface area (Å²) in [6.45, 7) is 5.79. The molecule has 8 heteroatoms. The van der Waals surface area contributed by atoms with E-state index in [9.17, 15) is 18.0 Å². The summed E-state index contributed by atoms with van der Waals surface area (Å²) in [6.07, 6.45) is 3.61. The zero-order valence-corrected chi connectivity index (χ0v) is 19.3. The molecule has 1 N–H and O–H groups in total. The minimum Gasteiger partial charge on any atom is -0.459 e. The van der Waals surface area contributed by atoms with Crippen LogP contribution in [0.25, 0.3) is 0 Å². The van der Waals surface area contributed by atoms with Crippen molar-refractivity contribution in [2.24, 2.45) is 5.92 Å². The van der Waals surface area contributed by atoms with Gasteiger partial charge in [-0.3, -0.25) is 4.79 Å². The Balaban J connectivity index is 1.86. The minimum atomic E-state index is -3.14. The number of hydrogen-bond donors (Lipinski definition) is 1. The van der Waals surface area contributed by atoms with Crippen LogP contribution in [0.3, 0.4) is 0 Å². The average molecular weight is 450 g/mol. The van der Waals surface area contributed by atoms with Crippen LogP contribution in [0, 0.1) is 5.92 Å². The monoisotopic (exact) mass is 449 g/mol. The molecular formula is C22H27NO5S2. The number of fused-ring (bicyclic) bond motifs is 1. The molecule has 1 aliphatic carbocycles. The second-order valence-corrected chi connectivity index (χ2v) is 11.5. The number of ether oxygens (including phenoxy) is 1. The van der Waals surface area contributed by atoms with E-state index < -0.39 is 15.8 Å². The summed E-state index contributed by atoms with van der Waals surface area (Å²) >= 11 is 1.44. The van der Waals surface area contributed by atoms with Crippen molar-refractivity contribution in [3.8, 4) is 0 Å². The largest absolute Gasteiger partial charge is 0.459 e. The van der Waals surface area contributed by atoms with E-state index >= 15 is 0 Å². The molecule has 2 aromatic rings. The van der Waals surface area contributed by atoms with Gasteiger partial charge in [0.1, 0.15) is 5.00 Å². The van der Waals surface area contributed by atoms with Crippen molar-refractivity contribution in [1.82, 2.24) is 0 Å². The Morgan fingerprint density at radius 1 is 1.23 bits per heavy atom. The predicted molar refractivity (Wildman–Crippen MR) is 119 cm³/mol. The molecule has 1 heterocycles. The van der Waals surface area contributed by atoms with Crippen molar-refractivity contribution in [3.63, 3.8) is 0 Å². The van der Waals surface area contributed by atoms with Crippen LogP contribution in [0.4, 0.5) is 5.00 Å². The van der Waals surface area contributed by atoms with Crippen molar-refractivity contribution in [3.05, 3.63) is 51.4 Å². The summed E-state index contributed by atoms with van der Waals surface area (Å²) in [7, 11) is -3.14. The molecule has 0 radical (unpaired) electrons. The molecule has 1 atom stereocenters. The lowest BCUT2D eigenvalue weighted by atomic mass is 9.88. The molecule has 0 bridgehead atoms. The van der Waals surface area contributed by atoms with E-state index in [1.54, 1.807) is 38.1 Å². The number of amides is 1. The minimum absolute atomic E-state index is 0.0735. The normalized spacial score (nSPS) is 16.2. The van der Waals surface area contributed by atoms with Crippen LogP contribution in [0.5, 0.6) is 0 Å². The van der Waals surface area contributed by atoms with E-state index in [1.165, 1.54) is 17.6 Å². The molecule has 1 aliphatic rings. The fourth-order valence-corrected chi connectivity index (χ4v) is 5.75.